The van der Waals surface area contributed by atoms with Crippen LogP contribution in [0.2, 0.25) is 0 Å². The predicted molar refractivity (Wildman–Crippen MR) is 86.0 cm³/mol. The molecule has 12 heteroatoms. The van der Waals surface area contributed by atoms with Crippen LogP contribution in [0.25, 0.3) is 5.57 Å². The molecule has 1 aliphatic rings. The van der Waals surface area contributed by atoms with E-state index in [2.05, 4.69) is 20.3 Å². The normalized spacial score (nSPS) is 21.1. The van der Waals surface area contributed by atoms with E-state index in [4.69, 9.17) is 0 Å². The van der Waals surface area contributed by atoms with Gasteiger partial charge in [-0.2, -0.15) is 28.1 Å². The number of halogens is 6. The van der Waals surface area contributed by atoms with Gasteiger partial charge in [-0.25, -0.2) is 13.2 Å². The van der Waals surface area contributed by atoms with Gasteiger partial charge in [-0.05, 0) is 19.8 Å². The Bertz CT molecular complexity index is 708. The first kappa shape index (κ1) is 21.2. The molecule has 1 aliphatic carbocycles. The Morgan fingerprint density at radius 3 is 2.44 bits per heavy atom. The standard InChI is InChI=1S/C15H19F6N5O/c1-3-6-22-12-24-11(8-4-5-14(17,18)10(27)9(8)16)25-13(26-12)23-7(2)15(19,20)21/h7,10,27H,3-6H2,1-2H3,(H2,22,23,24,25,26)/t7?,10-/m1/s1. The number of alkyl halides is 5. The molecule has 1 aromatic rings. The maximum absolute atomic E-state index is 14.2. The lowest BCUT2D eigenvalue weighted by atomic mass is 9.92. The summed E-state index contributed by atoms with van der Waals surface area (Å²) >= 11 is 0. The summed E-state index contributed by atoms with van der Waals surface area (Å²) in [6.07, 6.45) is -7.93. The highest BCUT2D eigenvalue weighted by Crippen LogP contribution is 2.41. The number of hydrogen-bond donors (Lipinski definition) is 3. The first-order valence-corrected chi connectivity index (χ1v) is 8.23. The summed E-state index contributed by atoms with van der Waals surface area (Å²) in [6.45, 7) is 3.04. The van der Waals surface area contributed by atoms with E-state index < -0.39 is 60.3 Å². The molecule has 0 bridgehead atoms. The molecular weight excluding hydrogens is 380 g/mol. The Morgan fingerprint density at radius 1 is 1.22 bits per heavy atom. The molecule has 1 aromatic heterocycles. The van der Waals surface area contributed by atoms with E-state index in [9.17, 15) is 31.4 Å². The largest absolute Gasteiger partial charge is 0.408 e. The molecule has 0 spiro atoms. The highest BCUT2D eigenvalue weighted by atomic mass is 19.4. The highest BCUT2D eigenvalue weighted by Gasteiger charge is 2.46. The van der Waals surface area contributed by atoms with Crippen molar-refractivity contribution in [3.63, 3.8) is 0 Å². The lowest BCUT2D eigenvalue weighted by molar-refractivity contribution is -0.138. The number of aliphatic hydroxyl groups excluding tert-OH is 1. The summed E-state index contributed by atoms with van der Waals surface area (Å²) < 4.78 is 79.4. The number of rotatable bonds is 6. The molecule has 0 radical (unpaired) electrons. The molecule has 1 unspecified atom stereocenters. The zero-order chi connectivity index (χ0) is 20.4. The van der Waals surface area contributed by atoms with E-state index in [-0.39, 0.29) is 5.95 Å². The van der Waals surface area contributed by atoms with E-state index >= 15 is 0 Å². The zero-order valence-corrected chi connectivity index (χ0v) is 14.5. The van der Waals surface area contributed by atoms with Crippen LogP contribution >= 0.6 is 0 Å². The number of hydrogen-bond acceptors (Lipinski definition) is 6. The van der Waals surface area contributed by atoms with Crippen LogP contribution in [0.15, 0.2) is 5.83 Å². The molecule has 3 N–H and O–H groups in total. The first-order valence-electron chi connectivity index (χ1n) is 8.23. The first-order chi connectivity index (χ1) is 12.5. The Hall–Kier alpha value is -2.11. The van der Waals surface area contributed by atoms with Crippen LogP contribution in [0.3, 0.4) is 0 Å². The maximum atomic E-state index is 14.2. The monoisotopic (exact) mass is 399 g/mol. The summed E-state index contributed by atoms with van der Waals surface area (Å²) in [5.74, 6) is -6.18. The SMILES string of the molecule is CCCNc1nc(NC(C)C(F)(F)F)nc(C2=C(F)[C@@H](O)C(F)(F)CC2)n1. The summed E-state index contributed by atoms with van der Waals surface area (Å²) in [4.78, 5) is 11.4. The van der Waals surface area contributed by atoms with Gasteiger partial charge in [0.25, 0.3) is 5.92 Å². The van der Waals surface area contributed by atoms with Crippen molar-refractivity contribution >= 4 is 17.5 Å². The third kappa shape index (κ3) is 4.99. The molecule has 1 heterocycles. The fraction of sp³-hybridized carbons (Fsp3) is 0.667. The van der Waals surface area contributed by atoms with Crippen molar-refractivity contribution in [1.82, 2.24) is 15.0 Å². The second kappa shape index (κ2) is 7.87. The van der Waals surface area contributed by atoms with Gasteiger partial charge in [0, 0.05) is 18.5 Å². The van der Waals surface area contributed by atoms with Crippen LogP contribution in [-0.2, 0) is 0 Å². The number of nitrogens with zero attached hydrogens (tertiary/aromatic N) is 3. The third-order valence-corrected chi connectivity index (χ3v) is 3.91. The Labute approximate surface area is 151 Å². The van der Waals surface area contributed by atoms with Crippen LogP contribution in [0, 0.1) is 0 Å². The van der Waals surface area contributed by atoms with Crippen molar-refractivity contribution in [3.8, 4) is 0 Å². The van der Waals surface area contributed by atoms with Gasteiger partial charge < -0.3 is 15.7 Å². The maximum Gasteiger partial charge on any atom is 0.408 e. The Kier molecular flexibility index (Phi) is 6.17. The second-order valence-corrected chi connectivity index (χ2v) is 6.13. The molecule has 2 rings (SSSR count). The number of aliphatic hydroxyl groups is 1. The lowest BCUT2D eigenvalue weighted by Gasteiger charge is -2.27. The van der Waals surface area contributed by atoms with Crippen molar-refractivity contribution in [3.05, 3.63) is 11.7 Å². The summed E-state index contributed by atoms with van der Waals surface area (Å²) in [7, 11) is 0. The van der Waals surface area contributed by atoms with Crippen molar-refractivity contribution in [2.75, 3.05) is 17.2 Å². The molecule has 0 saturated heterocycles. The highest BCUT2D eigenvalue weighted by molar-refractivity contribution is 5.66. The van der Waals surface area contributed by atoms with Gasteiger partial charge in [-0.15, -0.1) is 0 Å². The Morgan fingerprint density at radius 2 is 1.85 bits per heavy atom. The van der Waals surface area contributed by atoms with Gasteiger partial charge in [0.1, 0.15) is 11.9 Å². The van der Waals surface area contributed by atoms with Crippen LogP contribution in [0.1, 0.15) is 38.9 Å². The van der Waals surface area contributed by atoms with Crippen LogP contribution in [0.4, 0.5) is 38.2 Å². The second-order valence-electron chi connectivity index (χ2n) is 6.13. The van der Waals surface area contributed by atoms with Crippen molar-refractivity contribution in [1.29, 1.82) is 0 Å². The smallest absolute Gasteiger partial charge is 0.380 e. The van der Waals surface area contributed by atoms with Crippen LogP contribution < -0.4 is 10.6 Å². The van der Waals surface area contributed by atoms with Crippen molar-refractivity contribution in [2.45, 2.75) is 57.4 Å². The predicted octanol–water partition coefficient (Wildman–Crippen LogP) is 3.53. The van der Waals surface area contributed by atoms with Gasteiger partial charge in [0.2, 0.25) is 11.9 Å². The molecule has 0 aliphatic heterocycles. The quantitative estimate of drug-likeness (QED) is 0.635. The van der Waals surface area contributed by atoms with Crippen LogP contribution in [0.5, 0.6) is 0 Å². The zero-order valence-electron chi connectivity index (χ0n) is 14.5. The van der Waals surface area contributed by atoms with E-state index in [1.54, 1.807) is 0 Å². The molecule has 0 fully saturated rings. The van der Waals surface area contributed by atoms with E-state index in [1.165, 1.54) is 0 Å². The minimum absolute atomic E-state index is 0.133. The minimum Gasteiger partial charge on any atom is -0.380 e. The van der Waals surface area contributed by atoms with Gasteiger partial charge in [-0.1, -0.05) is 6.92 Å². The third-order valence-electron chi connectivity index (χ3n) is 3.91. The molecule has 0 saturated carbocycles. The topological polar surface area (TPSA) is 83.0 Å². The number of allylic oxidation sites excluding steroid dienone is 1. The van der Waals surface area contributed by atoms with Crippen molar-refractivity contribution < 1.29 is 31.4 Å². The molecule has 6 nitrogen and oxygen atoms in total. The average molecular weight is 399 g/mol. The molecule has 27 heavy (non-hydrogen) atoms. The van der Waals surface area contributed by atoms with Crippen LogP contribution in [-0.4, -0.2) is 50.8 Å². The number of nitrogens with one attached hydrogen (secondary N) is 2. The molecular formula is C15H19F6N5O. The van der Waals surface area contributed by atoms with Gasteiger partial charge >= 0.3 is 6.18 Å². The minimum atomic E-state index is -4.59. The average Bonchev–Trinajstić information content (AvgIpc) is 2.57. The lowest BCUT2D eigenvalue weighted by Crippen LogP contribution is -2.37. The van der Waals surface area contributed by atoms with Crippen molar-refractivity contribution in [2.24, 2.45) is 0 Å². The molecule has 0 amide bonds. The molecule has 152 valence electrons. The molecule has 2 atom stereocenters. The Balaban J connectivity index is 2.43. The van der Waals surface area contributed by atoms with E-state index in [1.807, 2.05) is 12.2 Å². The number of anilines is 2. The summed E-state index contributed by atoms with van der Waals surface area (Å²) in [6, 6.07) is -2.01. The van der Waals surface area contributed by atoms with E-state index in [0.717, 1.165) is 6.92 Å². The summed E-state index contributed by atoms with van der Waals surface area (Å²) in [5, 5.41) is 14.2. The fourth-order valence-electron chi connectivity index (χ4n) is 2.28. The van der Waals surface area contributed by atoms with Gasteiger partial charge in [-0.3, -0.25) is 0 Å². The van der Waals surface area contributed by atoms with E-state index in [0.29, 0.717) is 13.0 Å². The number of aromatic nitrogens is 3. The summed E-state index contributed by atoms with van der Waals surface area (Å²) in [5.41, 5.74) is -0.391. The van der Waals surface area contributed by atoms with Gasteiger partial charge in [0.05, 0.1) is 0 Å². The fourth-order valence-corrected chi connectivity index (χ4v) is 2.28. The molecule has 0 aromatic carbocycles. The van der Waals surface area contributed by atoms with Gasteiger partial charge in [0.15, 0.2) is 11.9 Å².